The van der Waals surface area contributed by atoms with Gasteiger partial charge in [-0.1, -0.05) is 0 Å². The van der Waals surface area contributed by atoms with Gasteiger partial charge < -0.3 is 19.5 Å². The number of hydrogen-bond acceptors (Lipinski definition) is 8. The molecule has 34 heavy (non-hydrogen) atoms. The van der Waals surface area contributed by atoms with Crippen molar-refractivity contribution in [3.8, 4) is 11.6 Å². The number of benzene rings is 1. The number of pyridine rings is 1. The number of nitrogens with one attached hydrogen (secondary N) is 1. The number of fused-ring (bicyclic) bond motifs is 1. The molecule has 0 saturated heterocycles. The van der Waals surface area contributed by atoms with Crippen LogP contribution in [0.25, 0.3) is 0 Å². The van der Waals surface area contributed by atoms with Gasteiger partial charge in [0.15, 0.2) is 5.75 Å². The number of amides is 3. The Balaban J connectivity index is 2.10. The molecule has 0 bridgehead atoms. The zero-order valence-corrected chi connectivity index (χ0v) is 19.9. The highest BCUT2D eigenvalue weighted by molar-refractivity contribution is 7.84. The maximum Gasteiger partial charge on any atom is 0.265 e. The summed E-state index contributed by atoms with van der Waals surface area (Å²) in [7, 11) is 1.29. The number of aromatic nitrogens is 1. The molecule has 2 unspecified atom stereocenters. The fraction of sp³-hybridized carbons (Fsp3) is 0.364. The van der Waals surface area contributed by atoms with Crippen molar-refractivity contribution >= 4 is 34.2 Å². The molecular formula is C22H24FN3O7S. The van der Waals surface area contributed by atoms with Crippen LogP contribution < -0.4 is 14.8 Å². The first-order chi connectivity index (χ1) is 16.2. The summed E-state index contributed by atoms with van der Waals surface area (Å²) < 4.78 is 42.4. The van der Waals surface area contributed by atoms with E-state index in [0.29, 0.717) is 5.75 Å². The molecule has 2 heterocycles. The van der Waals surface area contributed by atoms with Crippen molar-refractivity contribution in [1.82, 2.24) is 9.88 Å². The fourth-order valence-corrected chi connectivity index (χ4v) is 4.35. The first-order valence-corrected chi connectivity index (χ1v) is 11.9. The zero-order chi connectivity index (χ0) is 25.0. The minimum atomic E-state index is -1.47. The standard InChI is InChI=1S/C22H24FN3O7S/c1-5-33-20-16(32-3)9-8-13(25-20)15(11-34(4)30)26-21(28)18-12(23)6-7-14(19(18)22(26)29)24-17(27)10-31-2/h6-9,15H,5,10-11H2,1-4H3,(H,24,27). The van der Waals surface area contributed by atoms with E-state index >= 15 is 0 Å². The topological polar surface area (TPSA) is 124 Å². The lowest BCUT2D eigenvalue weighted by atomic mass is 10.1. The number of anilines is 1. The van der Waals surface area contributed by atoms with E-state index in [1.165, 1.54) is 32.6 Å². The third kappa shape index (κ3) is 4.92. The second-order valence-corrected chi connectivity index (χ2v) is 8.72. The predicted octanol–water partition coefficient (Wildman–Crippen LogP) is 1.93. The van der Waals surface area contributed by atoms with E-state index < -0.39 is 45.9 Å². The van der Waals surface area contributed by atoms with Crippen LogP contribution in [-0.2, 0) is 20.3 Å². The quantitative estimate of drug-likeness (QED) is 0.498. The summed E-state index contributed by atoms with van der Waals surface area (Å²) in [6.45, 7) is 1.73. The average Bonchev–Trinajstić information content (AvgIpc) is 3.05. The first kappa shape index (κ1) is 25.2. The molecule has 0 fully saturated rings. The SMILES string of the molecule is CCOc1nc(C(CS(C)=O)N2C(=O)c3c(F)ccc(NC(=O)COC)c3C2=O)ccc1OC. The van der Waals surface area contributed by atoms with Crippen molar-refractivity contribution < 1.29 is 37.2 Å². The number of imide groups is 1. The predicted molar refractivity (Wildman–Crippen MR) is 121 cm³/mol. The Labute approximate surface area is 197 Å². The Morgan fingerprint density at radius 1 is 1.18 bits per heavy atom. The van der Waals surface area contributed by atoms with Crippen molar-refractivity contribution in [2.24, 2.45) is 0 Å². The van der Waals surface area contributed by atoms with Crippen LogP contribution in [0.4, 0.5) is 10.1 Å². The van der Waals surface area contributed by atoms with Crippen LogP contribution >= 0.6 is 0 Å². The van der Waals surface area contributed by atoms with Gasteiger partial charge in [0, 0.05) is 29.9 Å². The van der Waals surface area contributed by atoms with Gasteiger partial charge in [0.25, 0.3) is 17.7 Å². The number of carbonyl (C=O) groups is 3. The minimum absolute atomic E-state index is 0.0339. The van der Waals surface area contributed by atoms with Crippen LogP contribution in [0.1, 0.15) is 39.4 Å². The van der Waals surface area contributed by atoms with Gasteiger partial charge in [0.2, 0.25) is 5.91 Å². The summed E-state index contributed by atoms with van der Waals surface area (Å²) in [6, 6.07) is 4.16. The van der Waals surface area contributed by atoms with E-state index in [1.807, 2.05) is 0 Å². The fourth-order valence-electron chi connectivity index (χ4n) is 3.58. The average molecular weight is 494 g/mol. The molecule has 3 amide bonds. The van der Waals surface area contributed by atoms with Crippen LogP contribution in [0.2, 0.25) is 0 Å². The number of rotatable bonds is 10. The number of halogens is 1. The molecule has 1 N–H and O–H groups in total. The highest BCUT2D eigenvalue weighted by Crippen LogP contribution is 2.38. The van der Waals surface area contributed by atoms with Gasteiger partial charge in [-0.25, -0.2) is 9.37 Å². The zero-order valence-electron chi connectivity index (χ0n) is 19.0. The lowest BCUT2D eigenvalue weighted by molar-refractivity contribution is -0.119. The molecule has 2 aromatic rings. The van der Waals surface area contributed by atoms with E-state index in [9.17, 15) is 23.0 Å². The molecule has 12 heteroatoms. The Morgan fingerprint density at radius 2 is 1.88 bits per heavy atom. The van der Waals surface area contributed by atoms with Crippen LogP contribution in [0, 0.1) is 5.82 Å². The number of methoxy groups -OCH3 is 2. The van der Waals surface area contributed by atoms with Gasteiger partial charge in [-0.2, -0.15) is 0 Å². The summed E-state index contributed by atoms with van der Waals surface area (Å²) in [6.07, 6.45) is 1.41. The molecule has 1 aliphatic rings. The third-order valence-electron chi connectivity index (χ3n) is 4.96. The summed E-state index contributed by atoms with van der Waals surface area (Å²) in [5, 5.41) is 2.46. The molecule has 0 aliphatic carbocycles. The lowest BCUT2D eigenvalue weighted by Gasteiger charge is -2.25. The van der Waals surface area contributed by atoms with Gasteiger partial charge in [-0.15, -0.1) is 0 Å². The third-order valence-corrected chi connectivity index (χ3v) is 5.75. The Morgan fingerprint density at radius 3 is 2.50 bits per heavy atom. The molecular weight excluding hydrogens is 469 g/mol. The summed E-state index contributed by atoms with van der Waals surface area (Å²) in [5.74, 6) is -2.97. The first-order valence-electron chi connectivity index (χ1n) is 10.2. The number of hydrogen-bond donors (Lipinski definition) is 1. The second-order valence-electron chi connectivity index (χ2n) is 7.24. The monoisotopic (exact) mass is 493 g/mol. The van der Waals surface area contributed by atoms with Crippen molar-refractivity contribution in [2.75, 3.05) is 44.8 Å². The molecule has 182 valence electrons. The molecule has 1 aliphatic heterocycles. The smallest absolute Gasteiger partial charge is 0.265 e. The molecule has 2 atom stereocenters. The normalized spacial score (nSPS) is 14.6. The molecule has 10 nitrogen and oxygen atoms in total. The van der Waals surface area contributed by atoms with E-state index in [-0.39, 0.29) is 41.8 Å². The van der Waals surface area contributed by atoms with Crippen molar-refractivity contribution in [3.63, 3.8) is 0 Å². The Kier molecular flexibility index (Phi) is 7.94. The van der Waals surface area contributed by atoms with E-state index in [1.54, 1.807) is 13.0 Å². The maximum atomic E-state index is 14.7. The molecule has 3 rings (SSSR count). The second kappa shape index (κ2) is 10.7. The van der Waals surface area contributed by atoms with Gasteiger partial charge in [-0.3, -0.25) is 23.5 Å². The number of nitrogens with zero attached hydrogens (tertiary/aromatic N) is 2. The molecule has 0 spiro atoms. The van der Waals surface area contributed by atoms with Gasteiger partial charge in [-0.05, 0) is 31.2 Å². The van der Waals surface area contributed by atoms with Crippen molar-refractivity contribution in [2.45, 2.75) is 13.0 Å². The molecule has 1 aromatic heterocycles. The van der Waals surface area contributed by atoms with Crippen LogP contribution in [-0.4, -0.2) is 71.3 Å². The van der Waals surface area contributed by atoms with Gasteiger partial charge in [0.1, 0.15) is 12.4 Å². The largest absolute Gasteiger partial charge is 0.491 e. The van der Waals surface area contributed by atoms with Crippen LogP contribution in [0.3, 0.4) is 0 Å². The number of carbonyl (C=O) groups excluding carboxylic acids is 3. The molecule has 1 aromatic carbocycles. The van der Waals surface area contributed by atoms with Crippen molar-refractivity contribution in [3.05, 3.63) is 46.9 Å². The molecule has 0 saturated carbocycles. The summed E-state index contributed by atoms with van der Waals surface area (Å²) >= 11 is 0. The minimum Gasteiger partial charge on any atom is -0.491 e. The van der Waals surface area contributed by atoms with Crippen molar-refractivity contribution in [1.29, 1.82) is 0 Å². The van der Waals surface area contributed by atoms with E-state index in [2.05, 4.69) is 10.3 Å². The van der Waals surface area contributed by atoms with Crippen LogP contribution in [0.15, 0.2) is 24.3 Å². The van der Waals surface area contributed by atoms with Gasteiger partial charge >= 0.3 is 0 Å². The van der Waals surface area contributed by atoms with Gasteiger partial charge in [0.05, 0.1) is 42.3 Å². The number of ether oxygens (including phenoxy) is 3. The molecule has 0 radical (unpaired) electrons. The highest BCUT2D eigenvalue weighted by Gasteiger charge is 2.45. The highest BCUT2D eigenvalue weighted by atomic mass is 32.2. The Hall–Kier alpha value is -3.38. The Bertz CT molecular complexity index is 1160. The van der Waals surface area contributed by atoms with E-state index in [4.69, 9.17) is 14.2 Å². The summed E-state index contributed by atoms with van der Waals surface area (Å²) in [5.41, 5.74) is -0.599. The summed E-state index contributed by atoms with van der Waals surface area (Å²) in [4.78, 5) is 43.9. The van der Waals surface area contributed by atoms with E-state index in [0.717, 1.165) is 11.0 Å². The van der Waals surface area contributed by atoms with Crippen LogP contribution in [0.5, 0.6) is 11.6 Å². The maximum absolute atomic E-state index is 14.7. The lowest BCUT2D eigenvalue weighted by Crippen LogP contribution is -2.37.